The lowest BCUT2D eigenvalue weighted by molar-refractivity contribution is -0.134. The lowest BCUT2D eigenvalue weighted by Crippen LogP contribution is -2.50. The molecule has 0 spiro atoms. The molecule has 1 aliphatic heterocycles. The van der Waals surface area contributed by atoms with Gasteiger partial charge in [0.15, 0.2) is 9.84 Å². The number of likely N-dealkylation sites (tertiary alicyclic amines) is 1. The number of hydrogen-bond acceptors (Lipinski definition) is 3. The molecule has 23 heavy (non-hydrogen) atoms. The van der Waals surface area contributed by atoms with Crippen LogP contribution in [0, 0.1) is 0 Å². The predicted molar refractivity (Wildman–Crippen MR) is 93.0 cm³/mol. The molecule has 1 amide bonds. The summed E-state index contributed by atoms with van der Waals surface area (Å²) in [5, 5.41) is -0.932. The third-order valence-corrected chi connectivity index (χ3v) is 6.86. The molecule has 0 saturated carbocycles. The minimum atomic E-state index is -3.35. The van der Waals surface area contributed by atoms with Crippen LogP contribution in [0.1, 0.15) is 45.1 Å². The van der Waals surface area contributed by atoms with Gasteiger partial charge in [-0.25, -0.2) is 8.42 Å². The van der Waals surface area contributed by atoms with Crippen molar-refractivity contribution in [2.24, 2.45) is 0 Å². The highest BCUT2D eigenvalue weighted by molar-refractivity contribution is 7.92. The first kappa shape index (κ1) is 18.0. The zero-order chi connectivity index (χ0) is 16.9. The normalized spacial score (nSPS) is 20.3. The van der Waals surface area contributed by atoms with Gasteiger partial charge in [0, 0.05) is 12.6 Å². The van der Waals surface area contributed by atoms with E-state index in [-0.39, 0.29) is 17.7 Å². The van der Waals surface area contributed by atoms with E-state index in [1.54, 1.807) is 6.92 Å². The third-order valence-electron chi connectivity index (χ3n) is 4.60. The Morgan fingerprint density at radius 1 is 1.26 bits per heavy atom. The fourth-order valence-corrected chi connectivity index (χ4v) is 4.60. The van der Waals surface area contributed by atoms with Crippen molar-refractivity contribution in [2.75, 3.05) is 12.3 Å². The second kappa shape index (κ2) is 7.95. The first-order valence-electron chi connectivity index (χ1n) is 8.51. The largest absolute Gasteiger partial charge is 0.338 e. The number of carbonyl (C=O) groups excluding carboxylic acids is 1. The Balaban J connectivity index is 2.12. The lowest BCUT2D eigenvalue weighted by Gasteiger charge is -2.37. The molecule has 2 unspecified atom stereocenters. The Morgan fingerprint density at radius 3 is 2.61 bits per heavy atom. The summed E-state index contributed by atoms with van der Waals surface area (Å²) < 4.78 is 24.5. The number of amides is 1. The van der Waals surface area contributed by atoms with Crippen LogP contribution in [-0.2, 0) is 21.1 Å². The van der Waals surface area contributed by atoms with Crippen LogP contribution >= 0.6 is 0 Å². The van der Waals surface area contributed by atoms with Crippen LogP contribution in [0.3, 0.4) is 0 Å². The van der Waals surface area contributed by atoms with Crippen molar-refractivity contribution < 1.29 is 13.2 Å². The summed E-state index contributed by atoms with van der Waals surface area (Å²) in [7, 11) is -3.35. The van der Waals surface area contributed by atoms with Crippen molar-refractivity contribution >= 4 is 15.7 Å². The van der Waals surface area contributed by atoms with Crippen LogP contribution in [0.15, 0.2) is 30.3 Å². The Hall–Kier alpha value is -1.36. The molecule has 1 fully saturated rings. The van der Waals surface area contributed by atoms with Gasteiger partial charge in [0.25, 0.3) is 0 Å². The molecule has 1 aromatic carbocycles. The molecule has 0 aromatic heterocycles. The van der Waals surface area contributed by atoms with E-state index in [9.17, 15) is 13.2 Å². The molecular formula is C18H27NO3S. The number of hydrogen-bond donors (Lipinski definition) is 0. The highest BCUT2D eigenvalue weighted by atomic mass is 32.2. The van der Waals surface area contributed by atoms with Gasteiger partial charge in [0.05, 0.1) is 5.75 Å². The van der Waals surface area contributed by atoms with Crippen LogP contribution < -0.4 is 0 Å². The summed E-state index contributed by atoms with van der Waals surface area (Å²) in [6, 6.07) is 10.2. The van der Waals surface area contributed by atoms with E-state index in [0.717, 1.165) is 25.7 Å². The zero-order valence-corrected chi connectivity index (χ0v) is 14.9. The summed E-state index contributed by atoms with van der Waals surface area (Å²) >= 11 is 0. The van der Waals surface area contributed by atoms with Gasteiger partial charge in [0.1, 0.15) is 5.25 Å². The summed E-state index contributed by atoms with van der Waals surface area (Å²) in [4.78, 5) is 14.6. The monoisotopic (exact) mass is 337 g/mol. The molecule has 128 valence electrons. The smallest absolute Gasteiger partial charge is 0.240 e. The standard InChI is InChI=1S/C18H27NO3S/c1-3-13-23(21,22)15(2)18(20)19-12-8-7-11-17(19)14-16-9-5-4-6-10-16/h4-6,9-10,15,17H,3,7-8,11-14H2,1-2H3. The summed E-state index contributed by atoms with van der Waals surface area (Å²) in [6.45, 7) is 4.04. The summed E-state index contributed by atoms with van der Waals surface area (Å²) in [5.74, 6) is -0.143. The van der Waals surface area contributed by atoms with E-state index in [2.05, 4.69) is 12.1 Å². The molecule has 1 aliphatic rings. The molecule has 4 nitrogen and oxygen atoms in total. The van der Waals surface area contributed by atoms with Crippen LogP contribution in [0.2, 0.25) is 0 Å². The molecular weight excluding hydrogens is 310 g/mol. The Kier molecular flexibility index (Phi) is 6.22. The lowest BCUT2D eigenvalue weighted by atomic mass is 9.95. The highest BCUT2D eigenvalue weighted by Crippen LogP contribution is 2.23. The number of rotatable bonds is 6. The van der Waals surface area contributed by atoms with Crippen molar-refractivity contribution in [3.05, 3.63) is 35.9 Å². The van der Waals surface area contributed by atoms with Gasteiger partial charge >= 0.3 is 0 Å². The molecule has 2 rings (SSSR count). The van der Waals surface area contributed by atoms with E-state index < -0.39 is 15.1 Å². The SMILES string of the molecule is CCCS(=O)(=O)C(C)C(=O)N1CCCCC1Cc1ccccc1. The van der Waals surface area contributed by atoms with Gasteiger partial charge in [-0.1, -0.05) is 37.3 Å². The molecule has 1 aromatic rings. The topological polar surface area (TPSA) is 54.5 Å². The van der Waals surface area contributed by atoms with E-state index >= 15 is 0 Å². The first-order chi connectivity index (χ1) is 11.0. The van der Waals surface area contributed by atoms with E-state index in [1.807, 2.05) is 30.0 Å². The van der Waals surface area contributed by atoms with E-state index in [0.29, 0.717) is 13.0 Å². The minimum absolute atomic E-state index is 0.0805. The first-order valence-corrected chi connectivity index (χ1v) is 10.2. The Bertz CT molecular complexity index is 612. The second-order valence-corrected chi connectivity index (χ2v) is 8.82. The van der Waals surface area contributed by atoms with Crippen molar-refractivity contribution in [2.45, 2.75) is 57.2 Å². The third kappa shape index (κ3) is 4.56. The van der Waals surface area contributed by atoms with Crippen LogP contribution in [0.5, 0.6) is 0 Å². The maximum absolute atomic E-state index is 12.8. The number of nitrogens with zero attached hydrogens (tertiary/aromatic N) is 1. The van der Waals surface area contributed by atoms with E-state index in [4.69, 9.17) is 0 Å². The molecule has 5 heteroatoms. The number of sulfone groups is 1. The molecule has 1 saturated heterocycles. The van der Waals surface area contributed by atoms with Crippen molar-refractivity contribution in [1.82, 2.24) is 4.90 Å². The van der Waals surface area contributed by atoms with E-state index in [1.165, 1.54) is 5.56 Å². The zero-order valence-electron chi connectivity index (χ0n) is 14.1. The average molecular weight is 337 g/mol. The molecule has 2 atom stereocenters. The average Bonchev–Trinajstić information content (AvgIpc) is 2.55. The minimum Gasteiger partial charge on any atom is -0.338 e. The maximum atomic E-state index is 12.8. The molecule has 0 aliphatic carbocycles. The van der Waals surface area contributed by atoms with Crippen LogP contribution in [-0.4, -0.2) is 42.8 Å². The molecule has 0 bridgehead atoms. The summed E-state index contributed by atoms with van der Waals surface area (Å²) in [6.07, 6.45) is 4.34. The van der Waals surface area contributed by atoms with Gasteiger partial charge in [-0.2, -0.15) is 0 Å². The van der Waals surface area contributed by atoms with Crippen molar-refractivity contribution in [1.29, 1.82) is 0 Å². The fourth-order valence-electron chi connectivity index (χ4n) is 3.24. The molecule has 0 N–H and O–H groups in total. The number of carbonyl (C=O) groups is 1. The molecule has 0 radical (unpaired) electrons. The highest BCUT2D eigenvalue weighted by Gasteiger charge is 2.35. The summed E-state index contributed by atoms with van der Waals surface area (Å²) in [5.41, 5.74) is 1.20. The van der Waals surface area contributed by atoms with Gasteiger partial charge in [0.2, 0.25) is 5.91 Å². The van der Waals surface area contributed by atoms with Gasteiger partial charge in [-0.15, -0.1) is 0 Å². The number of benzene rings is 1. The van der Waals surface area contributed by atoms with Gasteiger partial charge in [-0.05, 0) is 44.6 Å². The predicted octanol–water partition coefficient (Wildman–Crippen LogP) is 2.82. The van der Waals surface area contributed by atoms with Crippen molar-refractivity contribution in [3.63, 3.8) is 0 Å². The van der Waals surface area contributed by atoms with Gasteiger partial charge < -0.3 is 4.90 Å². The maximum Gasteiger partial charge on any atom is 0.240 e. The van der Waals surface area contributed by atoms with Gasteiger partial charge in [-0.3, -0.25) is 4.79 Å². The fraction of sp³-hybridized carbons (Fsp3) is 0.611. The number of piperidine rings is 1. The molecule has 1 heterocycles. The second-order valence-electron chi connectivity index (χ2n) is 6.38. The Morgan fingerprint density at radius 2 is 1.96 bits per heavy atom. The Labute approximate surface area is 139 Å². The van der Waals surface area contributed by atoms with Crippen molar-refractivity contribution in [3.8, 4) is 0 Å². The van der Waals surface area contributed by atoms with Crippen LogP contribution in [0.25, 0.3) is 0 Å². The van der Waals surface area contributed by atoms with Crippen LogP contribution in [0.4, 0.5) is 0 Å². The quantitative estimate of drug-likeness (QED) is 0.802.